The first-order chi connectivity index (χ1) is 15.2. The van der Waals surface area contributed by atoms with E-state index in [0.717, 1.165) is 34.0 Å². The second kappa shape index (κ2) is 8.29. The van der Waals surface area contributed by atoms with Crippen LogP contribution in [0.2, 0.25) is 0 Å². The molecule has 5 rings (SSSR count). The number of carbonyl (C=O) groups excluding carboxylic acids is 1. The van der Waals surface area contributed by atoms with E-state index in [1.807, 2.05) is 30.5 Å². The van der Waals surface area contributed by atoms with Gasteiger partial charge in [0.05, 0.1) is 24.3 Å². The highest BCUT2D eigenvalue weighted by Crippen LogP contribution is 2.37. The Morgan fingerprint density at radius 1 is 1.19 bits per heavy atom. The van der Waals surface area contributed by atoms with Crippen LogP contribution in [0, 0.1) is 0 Å². The molecule has 3 aromatic rings. The molecule has 0 aliphatic carbocycles. The number of pyridine rings is 1. The normalized spacial score (nSPS) is 21.1. The van der Waals surface area contributed by atoms with Gasteiger partial charge in [-0.05, 0) is 47.9 Å². The van der Waals surface area contributed by atoms with Gasteiger partial charge < -0.3 is 14.6 Å². The Morgan fingerprint density at radius 3 is 2.77 bits per heavy atom. The second-order valence-electron chi connectivity index (χ2n) is 8.19. The minimum absolute atomic E-state index is 0.114. The summed E-state index contributed by atoms with van der Waals surface area (Å²) >= 11 is 0. The summed E-state index contributed by atoms with van der Waals surface area (Å²) in [7, 11) is 0. The Balaban J connectivity index is 1.55. The van der Waals surface area contributed by atoms with E-state index in [0.29, 0.717) is 37.4 Å². The van der Waals surface area contributed by atoms with Crippen molar-refractivity contribution in [1.82, 2.24) is 9.88 Å². The lowest BCUT2D eigenvalue weighted by Crippen LogP contribution is -2.54. The number of benzene rings is 2. The van der Waals surface area contributed by atoms with Crippen LogP contribution >= 0.6 is 0 Å². The third-order valence-corrected chi connectivity index (χ3v) is 6.25. The maximum Gasteiger partial charge on any atom is 0.260 e. The van der Waals surface area contributed by atoms with Crippen LogP contribution < -0.4 is 4.74 Å². The van der Waals surface area contributed by atoms with Crippen molar-refractivity contribution >= 4 is 16.7 Å². The summed E-state index contributed by atoms with van der Waals surface area (Å²) in [4.78, 5) is 19.6. The van der Waals surface area contributed by atoms with Gasteiger partial charge in [0.2, 0.25) is 0 Å². The highest BCUT2D eigenvalue weighted by atomic mass is 16.5. The molecule has 0 radical (unpaired) electrons. The number of ether oxygens (including phenoxy) is 2. The molecule has 1 saturated heterocycles. The van der Waals surface area contributed by atoms with Crippen molar-refractivity contribution in [2.75, 3.05) is 19.9 Å². The van der Waals surface area contributed by atoms with E-state index < -0.39 is 12.1 Å². The average Bonchev–Trinajstić information content (AvgIpc) is 2.81. The number of amides is 1. The smallest absolute Gasteiger partial charge is 0.260 e. The van der Waals surface area contributed by atoms with Gasteiger partial charge in [-0.1, -0.05) is 37.3 Å². The second-order valence-corrected chi connectivity index (χ2v) is 8.19. The van der Waals surface area contributed by atoms with E-state index >= 15 is 0 Å². The Morgan fingerprint density at radius 2 is 2.03 bits per heavy atom. The molecule has 1 aromatic heterocycles. The maximum atomic E-state index is 13.5. The summed E-state index contributed by atoms with van der Waals surface area (Å²) in [5.41, 5.74) is 3.75. The molecule has 2 aliphatic rings. The number of carbonyl (C=O) groups is 1. The zero-order valence-electron chi connectivity index (χ0n) is 17.6. The zero-order valence-corrected chi connectivity index (χ0v) is 17.6. The van der Waals surface area contributed by atoms with Crippen molar-refractivity contribution in [2.45, 2.75) is 38.3 Å². The standard InChI is InChI=1S/C25H26N2O4/c1-2-18-8-7-16(13-26-18)11-17-12-21-24(20-6-4-3-5-19(17)20)31-15-27(25(21)29)22-14-30-10-9-23(22)28/h3-8,12-13,22-23,28H,2,9-11,14-15H2,1H3/t22-,23-/m0/s1. The van der Waals surface area contributed by atoms with Crippen molar-refractivity contribution < 1.29 is 19.4 Å². The highest BCUT2D eigenvalue weighted by Gasteiger charge is 2.37. The van der Waals surface area contributed by atoms with E-state index in [2.05, 4.69) is 30.1 Å². The molecule has 6 nitrogen and oxygen atoms in total. The van der Waals surface area contributed by atoms with E-state index in [4.69, 9.17) is 9.47 Å². The van der Waals surface area contributed by atoms with Gasteiger partial charge in [-0.2, -0.15) is 0 Å². The molecule has 2 atom stereocenters. The van der Waals surface area contributed by atoms with Crippen molar-refractivity contribution in [3.63, 3.8) is 0 Å². The predicted octanol–water partition coefficient (Wildman–Crippen LogP) is 3.33. The molecular weight excluding hydrogens is 392 g/mol. The molecule has 31 heavy (non-hydrogen) atoms. The lowest BCUT2D eigenvalue weighted by atomic mass is 9.93. The molecule has 0 saturated carbocycles. The summed E-state index contributed by atoms with van der Waals surface area (Å²) in [6, 6.07) is 13.7. The van der Waals surface area contributed by atoms with Crippen LogP contribution in [-0.4, -0.2) is 53.0 Å². The van der Waals surface area contributed by atoms with Crippen LogP contribution in [0.1, 0.15) is 40.5 Å². The number of aromatic nitrogens is 1. The molecule has 1 N–H and O–H groups in total. The van der Waals surface area contributed by atoms with Crippen LogP contribution in [0.25, 0.3) is 10.8 Å². The lowest BCUT2D eigenvalue weighted by Gasteiger charge is -2.39. The number of hydrogen-bond donors (Lipinski definition) is 1. The fourth-order valence-corrected chi connectivity index (χ4v) is 4.48. The molecule has 1 amide bonds. The van der Waals surface area contributed by atoms with Gasteiger partial charge in [0, 0.05) is 23.9 Å². The molecule has 160 valence electrons. The number of hydrogen-bond acceptors (Lipinski definition) is 5. The van der Waals surface area contributed by atoms with Crippen molar-refractivity contribution in [1.29, 1.82) is 0 Å². The molecular formula is C25H26N2O4. The lowest BCUT2D eigenvalue weighted by molar-refractivity contribution is -0.0694. The van der Waals surface area contributed by atoms with Gasteiger partial charge >= 0.3 is 0 Å². The minimum atomic E-state index is -0.606. The van der Waals surface area contributed by atoms with Crippen LogP contribution in [0.15, 0.2) is 48.7 Å². The van der Waals surface area contributed by atoms with Gasteiger partial charge in [0.15, 0.2) is 6.73 Å². The summed E-state index contributed by atoms with van der Waals surface area (Å²) in [6.07, 6.45) is 3.40. The van der Waals surface area contributed by atoms with Gasteiger partial charge in [-0.15, -0.1) is 0 Å². The highest BCUT2D eigenvalue weighted by molar-refractivity contribution is 6.06. The Hall–Kier alpha value is -2.96. The monoisotopic (exact) mass is 418 g/mol. The van der Waals surface area contributed by atoms with E-state index in [1.165, 1.54) is 0 Å². The quantitative estimate of drug-likeness (QED) is 0.704. The molecule has 6 heteroatoms. The molecule has 2 aliphatic heterocycles. The number of rotatable bonds is 4. The molecule has 1 fully saturated rings. The zero-order chi connectivity index (χ0) is 21.4. The first kappa shape index (κ1) is 20.0. The van der Waals surface area contributed by atoms with Crippen molar-refractivity contribution in [3.05, 3.63) is 71.0 Å². The number of aliphatic hydroxyl groups excluding tert-OH is 1. The number of aliphatic hydroxyl groups is 1. The van der Waals surface area contributed by atoms with Crippen molar-refractivity contribution in [2.24, 2.45) is 0 Å². The average molecular weight is 418 g/mol. The molecule has 0 unspecified atom stereocenters. The van der Waals surface area contributed by atoms with E-state index in [9.17, 15) is 9.90 Å². The van der Waals surface area contributed by atoms with E-state index in [-0.39, 0.29) is 12.6 Å². The van der Waals surface area contributed by atoms with Crippen LogP contribution in [-0.2, 0) is 17.6 Å². The third kappa shape index (κ3) is 3.66. The van der Waals surface area contributed by atoms with Crippen molar-refractivity contribution in [3.8, 4) is 5.75 Å². The minimum Gasteiger partial charge on any atom is -0.472 e. The van der Waals surface area contributed by atoms with E-state index in [1.54, 1.807) is 4.90 Å². The number of aryl methyl sites for hydroxylation is 1. The van der Waals surface area contributed by atoms with Gasteiger partial charge in [0.25, 0.3) is 5.91 Å². The van der Waals surface area contributed by atoms with Crippen LogP contribution in [0.3, 0.4) is 0 Å². The number of fused-ring (bicyclic) bond motifs is 3. The first-order valence-corrected chi connectivity index (χ1v) is 10.8. The molecule has 0 spiro atoms. The largest absolute Gasteiger partial charge is 0.472 e. The molecule has 0 bridgehead atoms. The molecule has 3 heterocycles. The third-order valence-electron chi connectivity index (χ3n) is 6.25. The maximum absolute atomic E-state index is 13.5. The SMILES string of the molecule is CCc1ccc(Cc2cc3c(c4ccccc24)OCN([C@H]2COCC[C@@H]2O)C3=O)cn1. The topological polar surface area (TPSA) is 71.9 Å². The Labute approximate surface area is 181 Å². The Kier molecular flexibility index (Phi) is 5.34. The Bertz CT molecular complexity index is 1110. The molecule has 2 aromatic carbocycles. The first-order valence-electron chi connectivity index (χ1n) is 10.8. The fraction of sp³-hybridized carbons (Fsp3) is 0.360. The predicted molar refractivity (Wildman–Crippen MR) is 117 cm³/mol. The summed E-state index contributed by atoms with van der Waals surface area (Å²) < 4.78 is 11.6. The summed E-state index contributed by atoms with van der Waals surface area (Å²) in [6.45, 7) is 3.03. The van der Waals surface area contributed by atoms with Gasteiger partial charge in [-0.25, -0.2) is 0 Å². The summed E-state index contributed by atoms with van der Waals surface area (Å²) in [5, 5.41) is 12.4. The number of nitrogens with zero attached hydrogens (tertiary/aromatic N) is 2. The van der Waals surface area contributed by atoms with Crippen LogP contribution in [0.5, 0.6) is 5.75 Å². The summed E-state index contributed by atoms with van der Waals surface area (Å²) in [5.74, 6) is 0.494. The van der Waals surface area contributed by atoms with Crippen LogP contribution in [0.4, 0.5) is 0 Å². The van der Waals surface area contributed by atoms with Gasteiger partial charge in [-0.3, -0.25) is 14.7 Å². The van der Waals surface area contributed by atoms with Gasteiger partial charge in [0.1, 0.15) is 5.75 Å². The fourth-order valence-electron chi connectivity index (χ4n) is 4.48.